The number of hydrogen-bond acceptors (Lipinski definition) is 8. The number of carbonyl (C=O) groups is 4. The lowest BCUT2D eigenvalue weighted by molar-refractivity contribution is -0.138. The van der Waals surface area contributed by atoms with Crippen molar-refractivity contribution in [3.8, 4) is 0 Å². The standard InChI is InChI=1S/C13H22NO11P/c15-10(16)4-1-7-23-13(21)14-26(22,24-8-2-5-11(17)18)25-9-3-6-12(19)20/h1-9H2,(H,15,16)(H,17,18)(H,19,20)(H,14,21,22). The van der Waals surface area contributed by atoms with E-state index in [1.807, 2.05) is 5.09 Å². The van der Waals surface area contributed by atoms with Crippen molar-refractivity contribution in [1.29, 1.82) is 0 Å². The molecular formula is C13H22NO11P. The van der Waals surface area contributed by atoms with Crippen LogP contribution in [0.4, 0.5) is 4.79 Å². The van der Waals surface area contributed by atoms with Crippen LogP contribution >= 0.6 is 7.75 Å². The summed E-state index contributed by atoms with van der Waals surface area (Å²) in [6, 6.07) is 0. The minimum atomic E-state index is -4.19. The summed E-state index contributed by atoms with van der Waals surface area (Å²) in [5, 5.41) is 27.4. The van der Waals surface area contributed by atoms with Gasteiger partial charge >= 0.3 is 31.7 Å². The highest BCUT2D eigenvalue weighted by Crippen LogP contribution is 2.44. The maximum Gasteiger partial charge on any atom is 0.437 e. The van der Waals surface area contributed by atoms with Gasteiger partial charge in [0.25, 0.3) is 0 Å². The second-order valence-corrected chi connectivity index (χ2v) is 6.64. The van der Waals surface area contributed by atoms with Crippen LogP contribution in [0.15, 0.2) is 0 Å². The molecule has 0 heterocycles. The normalized spacial score (nSPS) is 10.9. The molecule has 0 aliphatic carbocycles. The first-order valence-corrected chi connectivity index (χ1v) is 9.18. The molecule has 1 amide bonds. The van der Waals surface area contributed by atoms with E-state index in [-0.39, 0.29) is 58.3 Å². The fraction of sp³-hybridized carbons (Fsp3) is 0.692. The summed E-state index contributed by atoms with van der Waals surface area (Å²) in [6.45, 7) is -0.820. The highest BCUT2D eigenvalue weighted by molar-refractivity contribution is 7.52. The number of ether oxygens (including phenoxy) is 1. The van der Waals surface area contributed by atoms with E-state index < -0.39 is 31.7 Å². The number of carboxylic acids is 3. The lowest BCUT2D eigenvalue weighted by atomic mass is 10.3. The number of rotatable bonds is 15. The molecule has 12 nitrogen and oxygen atoms in total. The molecule has 0 saturated carbocycles. The second kappa shape index (κ2) is 13.1. The Morgan fingerprint density at radius 1 is 0.731 bits per heavy atom. The molecule has 0 aromatic heterocycles. The summed E-state index contributed by atoms with van der Waals surface area (Å²) >= 11 is 0. The van der Waals surface area contributed by atoms with Crippen LogP contribution in [0, 0.1) is 0 Å². The lowest BCUT2D eigenvalue weighted by Crippen LogP contribution is -2.25. The van der Waals surface area contributed by atoms with E-state index >= 15 is 0 Å². The zero-order valence-electron chi connectivity index (χ0n) is 13.9. The van der Waals surface area contributed by atoms with Crippen molar-refractivity contribution >= 4 is 31.7 Å². The number of aliphatic carboxylic acids is 3. The van der Waals surface area contributed by atoms with Gasteiger partial charge in [-0.3, -0.25) is 23.4 Å². The number of carboxylic acid groups (broad SMARTS) is 3. The Morgan fingerprint density at radius 3 is 1.50 bits per heavy atom. The fourth-order valence-corrected chi connectivity index (χ4v) is 2.68. The van der Waals surface area contributed by atoms with E-state index in [0.717, 1.165) is 0 Å². The van der Waals surface area contributed by atoms with E-state index in [1.54, 1.807) is 0 Å². The molecule has 4 N–H and O–H groups in total. The molecule has 0 saturated heterocycles. The van der Waals surface area contributed by atoms with E-state index in [0.29, 0.717) is 0 Å². The highest BCUT2D eigenvalue weighted by atomic mass is 31.2. The average Bonchev–Trinajstić information content (AvgIpc) is 2.52. The first kappa shape index (κ1) is 23.8. The average molecular weight is 399 g/mol. The van der Waals surface area contributed by atoms with Gasteiger partial charge in [0.05, 0.1) is 19.8 Å². The summed E-state index contributed by atoms with van der Waals surface area (Å²) in [5.74, 6) is -3.24. The Bertz CT molecular complexity index is 510. The summed E-state index contributed by atoms with van der Waals surface area (Å²) in [5.41, 5.74) is 0. The lowest BCUT2D eigenvalue weighted by Gasteiger charge is -2.18. The molecule has 0 unspecified atom stereocenters. The van der Waals surface area contributed by atoms with Crippen LogP contribution in [-0.2, 0) is 32.7 Å². The van der Waals surface area contributed by atoms with Crippen molar-refractivity contribution in [2.24, 2.45) is 0 Å². The quantitative estimate of drug-likeness (QED) is 0.230. The molecule has 0 aliphatic heterocycles. The van der Waals surface area contributed by atoms with Gasteiger partial charge in [-0.15, -0.1) is 0 Å². The minimum Gasteiger partial charge on any atom is -0.481 e. The largest absolute Gasteiger partial charge is 0.481 e. The Balaban J connectivity index is 4.46. The van der Waals surface area contributed by atoms with Gasteiger partial charge in [-0.2, -0.15) is 0 Å². The Kier molecular flexibility index (Phi) is 12.0. The van der Waals surface area contributed by atoms with Crippen molar-refractivity contribution < 1.29 is 52.8 Å². The summed E-state index contributed by atoms with van der Waals surface area (Å²) < 4.78 is 26.9. The molecule has 13 heteroatoms. The van der Waals surface area contributed by atoms with Crippen LogP contribution in [0.2, 0.25) is 0 Å². The third-order valence-electron chi connectivity index (χ3n) is 2.59. The molecule has 0 aromatic carbocycles. The molecular weight excluding hydrogens is 377 g/mol. The van der Waals surface area contributed by atoms with Crippen molar-refractivity contribution in [1.82, 2.24) is 5.09 Å². The van der Waals surface area contributed by atoms with E-state index in [4.69, 9.17) is 24.4 Å². The molecule has 26 heavy (non-hydrogen) atoms. The van der Waals surface area contributed by atoms with Crippen LogP contribution in [0.5, 0.6) is 0 Å². The first-order chi connectivity index (χ1) is 12.1. The van der Waals surface area contributed by atoms with Gasteiger partial charge < -0.3 is 20.1 Å². The van der Waals surface area contributed by atoms with Crippen LogP contribution < -0.4 is 5.09 Å². The van der Waals surface area contributed by atoms with Crippen LogP contribution in [0.25, 0.3) is 0 Å². The van der Waals surface area contributed by atoms with Gasteiger partial charge in [-0.05, 0) is 19.3 Å². The highest BCUT2D eigenvalue weighted by Gasteiger charge is 2.28. The molecule has 150 valence electrons. The summed E-state index contributed by atoms with van der Waals surface area (Å²) in [4.78, 5) is 42.8. The van der Waals surface area contributed by atoms with Crippen molar-refractivity contribution in [3.05, 3.63) is 0 Å². The predicted octanol–water partition coefficient (Wildman–Crippen LogP) is 1.45. The molecule has 0 aliphatic rings. The van der Waals surface area contributed by atoms with Gasteiger partial charge in [0, 0.05) is 19.3 Å². The summed E-state index contributed by atoms with van der Waals surface area (Å²) in [6.07, 6.45) is -1.83. The first-order valence-electron chi connectivity index (χ1n) is 7.64. The molecule has 0 atom stereocenters. The number of nitrogens with one attached hydrogen (secondary N) is 1. The van der Waals surface area contributed by atoms with Gasteiger partial charge in [-0.1, -0.05) is 0 Å². The van der Waals surface area contributed by atoms with Crippen LogP contribution in [-0.4, -0.2) is 59.1 Å². The Morgan fingerprint density at radius 2 is 1.12 bits per heavy atom. The maximum atomic E-state index is 12.4. The topological polar surface area (TPSA) is 186 Å². The van der Waals surface area contributed by atoms with E-state index in [2.05, 4.69) is 4.74 Å². The van der Waals surface area contributed by atoms with Crippen molar-refractivity contribution in [2.75, 3.05) is 19.8 Å². The number of hydrogen-bond donors (Lipinski definition) is 4. The molecule has 0 spiro atoms. The van der Waals surface area contributed by atoms with Crippen LogP contribution in [0.3, 0.4) is 0 Å². The minimum absolute atomic E-state index is 0.00709. The molecule has 0 fully saturated rings. The SMILES string of the molecule is O=C(O)CCCOC(=O)NP(=O)(OCCCC(=O)O)OCCCC(=O)O. The smallest absolute Gasteiger partial charge is 0.437 e. The van der Waals surface area contributed by atoms with Crippen LogP contribution in [0.1, 0.15) is 38.5 Å². The zero-order chi connectivity index (χ0) is 20.0. The van der Waals surface area contributed by atoms with Crippen molar-refractivity contribution in [3.63, 3.8) is 0 Å². The van der Waals surface area contributed by atoms with Gasteiger partial charge in [0.1, 0.15) is 0 Å². The second-order valence-electron chi connectivity index (χ2n) is 4.90. The van der Waals surface area contributed by atoms with Gasteiger partial charge in [0.15, 0.2) is 0 Å². The molecule has 0 rings (SSSR count). The van der Waals surface area contributed by atoms with E-state index in [1.165, 1.54) is 0 Å². The van der Waals surface area contributed by atoms with E-state index in [9.17, 15) is 23.7 Å². The third kappa shape index (κ3) is 14.2. The Labute approximate surface area is 149 Å². The maximum absolute atomic E-state index is 12.4. The summed E-state index contributed by atoms with van der Waals surface area (Å²) in [7, 11) is -4.19. The van der Waals surface area contributed by atoms with Crippen molar-refractivity contribution in [2.45, 2.75) is 38.5 Å². The number of carbonyl (C=O) groups excluding carboxylic acids is 1. The number of amides is 1. The zero-order valence-corrected chi connectivity index (χ0v) is 14.8. The Hall–Kier alpha value is -2.17. The van der Waals surface area contributed by atoms with Gasteiger partial charge in [-0.25, -0.2) is 14.4 Å². The monoisotopic (exact) mass is 399 g/mol. The molecule has 0 radical (unpaired) electrons. The third-order valence-corrected chi connectivity index (χ3v) is 4.09. The predicted molar refractivity (Wildman–Crippen MR) is 84.6 cm³/mol. The fourth-order valence-electron chi connectivity index (χ4n) is 1.45. The van der Waals surface area contributed by atoms with Gasteiger partial charge in [0.2, 0.25) is 0 Å². The molecule has 0 bridgehead atoms. The molecule has 0 aromatic rings.